The number of rotatable bonds is 5. The standard InChI is InChI=1S/C20H29NO3/c1-2-20(15-22)11-13-21(14-12-20)19(23)16-7-9-18(10-8-16)24-17-5-3-4-6-17/h7-10,17,22H,2-6,11-15H2,1H3. The first-order valence-corrected chi connectivity index (χ1v) is 9.33. The van der Waals surface area contributed by atoms with Gasteiger partial charge in [-0.25, -0.2) is 0 Å². The third-order valence-corrected chi connectivity index (χ3v) is 5.90. The summed E-state index contributed by atoms with van der Waals surface area (Å²) in [6.45, 7) is 3.80. The Kier molecular flexibility index (Phi) is 5.44. The van der Waals surface area contributed by atoms with Crippen molar-refractivity contribution in [3.05, 3.63) is 29.8 Å². The lowest BCUT2D eigenvalue weighted by atomic mass is 9.77. The van der Waals surface area contributed by atoms with Crippen LogP contribution >= 0.6 is 0 Å². The molecular weight excluding hydrogens is 302 g/mol. The summed E-state index contributed by atoms with van der Waals surface area (Å²) in [5, 5.41) is 9.61. The van der Waals surface area contributed by atoms with Crippen LogP contribution in [0.25, 0.3) is 0 Å². The Morgan fingerprint density at radius 1 is 1.21 bits per heavy atom. The second-order valence-corrected chi connectivity index (χ2v) is 7.35. The molecule has 1 aliphatic carbocycles. The van der Waals surface area contributed by atoms with Crippen molar-refractivity contribution in [3.63, 3.8) is 0 Å². The number of likely N-dealkylation sites (tertiary alicyclic amines) is 1. The van der Waals surface area contributed by atoms with E-state index in [4.69, 9.17) is 4.74 Å². The maximum absolute atomic E-state index is 12.7. The zero-order valence-corrected chi connectivity index (χ0v) is 14.7. The van der Waals surface area contributed by atoms with E-state index in [0.29, 0.717) is 6.10 Å². The third kappa shape index (κ3) is 3.75. The van der Waals surface area contributed by atoms with E-state index in [0.717, 1.165) is 56.5 Å². The van der Waals surface area contributed by atoms with Gasteiger partial charge in [0.2, 0.25) is 0 Å². The van der Waals surface area contributed by atoms with E-state index in [-0.39, 0.29) is 17.9 Å². The Labute approximate surface area is 144 Å². The van der Waals surface area contributed by atoms with Gasteiger partial charge in [-0.2, -0.15) is 0 Å². The molecule has 4 nitrogen and oxygen atoms in total. The Hall–Kier alpha value is -1.55. The molecule has 24 heavy (non-hydrogen) atoms. The van der Waals surface area contributed by atoms with Crippen LogP contribution in [-0.4, -0.2) is 41.7 Å². The molecule has 1 amide bonds. The summed E-state index contributed by atoms with van der Waals surface area (Å²) in [4.78, 5) is 14.6. The minimum absolute atomic E-state index is 0.00968. The van der Waals surface area contributed by atoms with Gasteiger partial charge in [-0.3, -0.25) is 4.79 Å². The second kappa shape index (κ2) is 7.56. The molecule has 1 N–H and O–H groups in total. The highest BCUT2D eigenvalue weighted by Gasteiger charge is 2.34. The van der Waals surface area contributed by atoms with E-state index >= 15 is 0 Å². The van der Waals surface area contributed by atoms with Gasteiger partial charge in [0.15, 0.2) is 0 Å². The molecule has 0 radical (unpaired) electrons. The number of ether oxygens (including phenoxy) is 1. The first-order chi connectivity index (χ1) is 11.7. The molecule has 132 valence electrons. The zero-order chi connectivity index (χ0) is 17.0. The monoisotopic (exact) mass is 331 g/mol. The number of aliphatic hydroxyl groups is 1. The van der Waals surface area contributed by atoms with Gasteiger partial charge >= 0.3 is 0 Å². The molecule has 0 bridgehead atoms. The smallest absolute Gasteiger partial charge is 0.253 e. The summed E-state index contributed by atoms with van der Waals surface area (Å²) in [7, 11) is 0. The van der Waals surface area contributed by atoms with Crippen molar-refractivity contribution in [2.45, 2.75) is 58.0 Å². The highest BCUT2D eigenvalue weighted by atomic mass is 16.5. The number of benzene rings is 1. The van der Waals surface area contributed by atoms with Crippen LogP contribution in [0.3, 0.4) is 0 Å². The summed E-state index contributed by atoms with van der Waals surface area (Å²) in [5.74, 6) is 0.951. The molecule has 0 atom stereocenters. The van der Waals surface area contributed by atoms with Crippen LogP contribution in [-0.2, 0) is 0 Å². The minimum atomic E-state index is 0.00968. The van der Waals surface area contributed by atoms with Gasteiger partial charge in [0.05, 0.1) is 6.10 Å². The van der Waals surface area contributed by atoms with Crippen molar-refractivity contribution < 1.29 is 14.6 Å². The molecule has 1 saturated heterocycles. The molecule has 0 spiro atoms. The normalized spacial score (nSPS) is 21.0. The minimum Gasteiger partial charge on any atom is -0.490 e. The molecule has 3 rings (SSSR count). The summed E-state index contributed by atoms with van der Waals surface area (Å²) in [6, 6.07) is 7.58. The van der Waals surface area contributed by atoms with Crippen LogP contribution in [0.5, 0.6) is 5.75 Å². The topological polar surface area (TPSA) is 49.8 Å². The van der Waals surface area contributed by atoms with Crippen LogP contribution in [0.2, 0.25) is 0 Å². The number of nitrogens with zero attached hydrogens (tertiary/aromatic N) is 1. The van der Waals surface area contributed by atoms with E-state index in [2.05, 4.69) is 6.92 Å². The van der Waals surface area contributed by atoms with Gasteiger partial charge in [-0.1, -0.05) is 6.92 Å². The maximum atomic E-state index is 12.7. The van der Waals surface area contributed by atoms with Crippen molar-refractivity contribution in [1.82, 2.24) is 4.90 Å². The number of hydrogen-bond donors (Lipinski definition) is 1. The second-order valence-electron chi connectivity index (χ2n) is 7.35. The highest BCUT2D eigenvalue weighted by Crippen LogP contribution is 2.34. The molecule has 2 aliphatic rings. The van der Waals surface area contributed by atoms with Crippen molar-refractivity contribution >= 4 is 5.91 Å². The van der Waals surface area contributed by atoms with E-state index in [9.17, 15) is 9.90 Å². The predicted molar refractivity (Wildman–Crippen MR) is 94.3 cm³/mol. The van der Waals surface area contributed by atoms with Gasteiger partial charge in [0.1, 0.15) is 5.75 Å². The first kappa shape index (κ1) is 17.3. The molecule has 1 aliphatic heterocycles. The van der Waals surface area contributed by atoms with Crippen molar-refractivity contribution in [2.24, 2.45) is 5.41 Å². The summed E-state index contributed by atoms with van der Waals surface area (Å²) in [5.41, 5.74) is 0.734. The number of carbonyl (C=O) groups is 1. The molecular formula is C20H29NO3. The lowest BCUT2D eigenvalue weighted by Gasteiger charge is -2.40. The molecule has 0 unspecified atom stereocenters. The number of amides is 1. The highest BCUT2D eigenvalue weighted by molar-refractivity contribution is 5.94. The van der Waals surface area contributed by atoms with E-state index in [1.165, 1.54) is 12.8 Å². The maximum Gasteiger partial charge on any atom is 0.253 e. The Balaban J connectivity index is 1.57. The largest absolute Gasteiger partial charge is 0.490 e. The SMILES string of the molecule is CCC1(CO)CCN(C(=O)c2ccc(OC3CCCC3)cc2)CC1. The van der Waals surface area contributed by atoms with E-state index in [1.807, 2.05) is 29.2 Å². The van der Waals surface area contributed by atoms with Gasteiger partial charge in [-0.15, -0.1) is 0 Å². The zero-order valence-electron chi connectivity index (χ0n) is 14.7. The van der Waals surface area contributed by atoms with Crippen LogP contribution in [0.4, 0.5) is 0 Å². The summed E-state index contributed by atoms with van der Waals surface area (Å²) >= 11 is 0. The van der Waals surface area contributed by atoms with Crippen molar-refractivity contribution in [3.8, 4) is 5.75 Å². The van der Waals surface area contributed by atoms with Gasteiger partial charge in [0.25, 0.3) is 5.91 Å². The average Bonchev–Trinajstić information content (AvgIpc) is 3.15. The van der Waals surface area contributed by atoms with Gasteiger partial charge in [-0.05, 0) is 74.6 Å². The van der Waals surface area contributed by atoms with Crippen LogP contribution in [0.1, 0.15) is 62.2 Å². The van der Waals surface area contributed by atoms with Gasteiger partial charge in [0, 0.05) is 25.3 Å². The van der Waals surface area contributed by atoms with E-state index in [1.54, 1.807) is 0 Å². The molecule has 4 heteroatoms. The molecule has 1 aromatic carbocycles. The van der Waals surface area contributed by atoms with Crippen molar-refractivity contribution in [1.29, 1.82) is 0 Å². The Bertz CT molecular complexity index is 535. The number of piperidine rings is 1. The van der Waals surface area contributed by atoms with Crippen LogP contribution < -0.4 is 4.74 Å². The summed E-state index contributed by atoms with van der Waals surface area (Å²) in [6.07, 6.45) is 7.86. The molecule has 1 heterocycles. The van der Waals surface area contributed by atoms with Crippen LogP contribution in [0.15, 0.2) is 24.3 Å². The van der Waals surface area contributed by atoms with Gasteiger partial charge < -0.3 is 14.7 Å². The fourth-order valence-corrected chi connectivity index (χ4v) is 3.86. The molecule has 1 saturated carbocycles. The number of hydrogen-bond acceptors (Lipinski definition) is 3. The Morgan fingerprint density at radius 2 is 1.83 bits per heavy atom. The fraction of sp³-hybridized carbons (Fsp3) is 0.650. The quantitative estimate of drug-likeness (QED) is 0.896. The first-order valence-electron chi connectivity index (χ1n) is 9.33. The predicted octanol–water partition coefficient (Wildman–Crippen LogP) is 3.63. The van der Waals surface area contributed by atoms with Crippen molar-refractivity contribution in [2.75, 3.05) is 19.7 Å². The fourth-order valence-electron chi connectivity index (χ4n) is 3.86. The lowest BCUT2D eigenvalue weighted by molar-refractivity contribution is 0.0338. The lowest BCUT2D eigenvalue weighted by Crippen LogP contribution is -2.44. The third-order valence-electron chi connectivity index (χ3n) is 5.90. The summed E-state index contributed by atoms with van der Waals surface area (Å²) < 4.78 is 5.96. The number of carbonyl (C=O) groups excluding carboxylic acids is 1. The Morgan fingerprint density at radius 3 is 2.38 bits per heavy atom. The van der Waals surface area contributed by atoms with Crippen LogP contribution in [0, 0.1) is 5.41 Å². The number of aliphatic hydroxyl groups excluding tert-OH is 1. The molecule has 2 fully saturated rings. The molecule has 0 aromatic heterocycles. The van der Waals surface area contributed by atoms with E-state index < -0.39 is 0 Å². The molecule has 1 aromatic rings. The average molecular weight is 331 g/mol.